The second kappa shape index (κ2) is 6.15. The molecule has 0 heterocycles. The van der Waals surface area contributed by atoms with Gasteiger partial charge in [0.1, 0.15) is 5.82 Å². The van der Waals surface area contributed by atoms with E-state index in [2.05, 4.69) is 5.32 Å². The topological polar surface area (TPSA) is 55.1 Å². The van der Waals surface area contributed by atoms with Gasteiger partial charge in [-0.15, -0.1) is 0 Å². The van der Waals surface area contributed by atoms with Gasteiger partial charge in [-0.2, -0.15) is 0 Å². The Morgan fingerprint density at radius 1 is 1.37 bits per heavy atom. The van der Waals surface area contributed by atoms with E-state index in [-0.39, 0.29) is 17.6 Å². The fourth-order valence-electron chi connectivity index (χ4n) is 2.66. The number of amides is 1. The molecular formula is C15H21FN2O. The highest BCUT2D eigenvalue weighted by Crippen LogP contribution is 2.24. The molecule has 0 aliphatic heterocycles. The Hall–Kier alpha value is -1.42. The van der Waals surface area contributed by atoms with Crippen molar-refractivity contribution >= 4 is 5.91 Å². The van der Waals surface area contributed by atoms with Crippen LogP contribution in [-0.2, 0) is 11.3 Å². The Balaban J connectivity index is 1.80. The van der Waals surface area contributed by atoms with Crippen molar-refractivity contribution in [1.29, 1.82) is 0 Å². The van der Waals surface area contributed by atoms with E-state index in [0.717, 1.165) is 37.8 Å². The van der Waals surface area contributed by atoms with Crippen molar-refractivity contribution in [1.82, 2.24) is 5.32 Å². The van der Waals surface area contributed by atoms with Crippen LogP contribution in [0.4, 0.5) is 4.39 Å². The van der Waals surface area contributed by atoms with Crippen LogP contribution in [0.1, 0.15) is 36.8 Å². The van der Waals surface area contributed by atoms with Gasteiger partial charge in [-0.3, -0.25) is 4.79 Å². The van der Waals surface area contributed by atoms with Crippen molar-refractivity contribution in [2.75, 3.05) is 0 Å². The van der Waals surface area contributed by atoms with E-state index in [1.54, 1.807) is 6.92 Å². The van der Waals surface area contributed by atoms with Crippen LogP contribution < -0.4 is 11.1 Å². The normalized spacial score (nSPS) is 23.3. The molecule has 0 bridgehead atoms. The van der Waals surface area contributed by atoms with Gasteiger partial charge in [0, 0.05) is 18.5 Å². The first-order valence-corrected chi connectivity index (χ1v) is 6.84. The summed E-state index contributed by atoms with van der Waals surface area (Å²) in [6.45, 7) is 2.52. The van der Waals surface area contributed by atoms with E-state index in [1.165, 1.54) is 6.07 Å². The molecule has 1 aliphatic rings. The lowest BCUT2D eigenvalue weighted by Crippen LogP contribution is -2.36. The third-order valence-electron chi connectivity index (χ3n) is 3.95. The maximum Gasteiger partial charge on any atom is 0.220 e. The molecule has 3 N–H and O–H groups in total. The van der Waals surface area contributed by atoms with Crippen molar-refractivity contribution in [2.24, 2.45) is 11.7 Å². The fourth-order valence-corrected chi connectivity index (χ4v) is 2.66. The van der Waals surface area contributed by atoms with Gasteiger partial charge in [0.05, 0.1) is 0 Å². The molecule has 4 heteroatoms. The largest absolute Gasteiger partial charge is 0.369 e. The Bertz CT molecular complexity index is 453. The molecular weight excluding hydrogens is 243 g/mol. The number of primary amides is 1. The molecule has 19 heavy (non-hydrogen) atoms. The Labute approximate surface area is 113 Å². The van der Waals surface area contributed by atoms with Crippen LogP contribution in [-0.4, -0.2) is 11.9 Å². The first-order valence-electron chi connectivity index (χ1n) is 6.84. The number of aryl methyl sites for hydroxylation is 1. The van der Waals surface area contributed by atoms with Crippen LogP contribution in [0.5, 0.6) is 0 Å². The third-order valence-corrected chi connectivity index (χ3v) is 3.95. The minimum Gasteiger partial charge on any atom is -0.369 e. The number of hydrogen-bond donors (Lipinski definition) is 2. The molecule has 3 nitrogen and oxygen atoms in total. The highest BCUT2D eigenvalue weighted by Gasteiger charge is 2.24. The number of carbonyl (C=O) groups excluding carboxylic acids is 1. The Kier molecular flexibility index (Phi) is 4.53. The summed E-state index contributed by atoms with van der Waals surface area (Å²) in [5.74, 6) is -0.288. The molecule has 0 aromatic heterocycles. The van der Waals surface area contributed by atoms with Crippen LogP contribution in [0.25, 0.3) is 0 Å². The summed E-state index contributed by atoms with van der Waals surface area (Å²) < 4.78 is 13.1. The number of halogens is 1. The number of hydrogen-bond acceptors (Lipinski definition) is 2. The molecule has 0 radical (unpaired) electrons. The number of nitrogens with one attached hydrogen (secondary N) is 1. The first-order chi connectivity index (χ1) is 9.06. The molecule has 104 valence electrons. The second-order valence-electron chi connectivity index (χ2n) is 5.42. The predicted octanol–water partition coefficient (Wildman–Crippen LogP) is 2.27. The Morgan fingerprint density at radius 3 is 2.63 bits per heavy atom. The van der Waals surface area contributed by atoms with E-state index in [4.69, 9.17) is 5.73 Å². The molecule has 1 fully saturated rings. The van der Waals surface area contributed by atoms with Crippen LogP contribution >= 0.6 is 0 Å². The zero-order chi connectivity index (χ0) is 13.8. The van der Waals surface area contributed by atoms with Gasteiger partial charge < -0.3 is 11.1 Å². The van der Waals surface area contributed by atoms with E-state index in [1.807, 2.05) is 12.1 Å². The van der Waals surface area contributed by atoms with Gasteiger partial charge in [0.25, 0.3) is 0 Å². The molecule has 0 unspecified atom stereocenters. The quantitative estimate of drug-likeness (QED) is 0.876. The standard InChI is InChI=1S/C15H21FN2O/c1-10-8-11(2-7-14(10)16)9-18-13-5-3-12(4-6-13)15(17)19/h2,7-8,12-13,18H,3-6,9H2,1H3,(H2,17,19). The first kappa shape index (κ1) is 14.0. The number of benzene rings is 1. The van der Waals surface area contributed by atoms with E-state index < -0.39 is 0 Å². The fraction of sp³-hybridized carbons (Fsp3) is 0.533. The smallest absolute Gasteiger partial charge is 0.220 e. The molecule has 1 aromatic carbocycles. The SMILES string of the molecule is Cc1cc(CNC2CCC(C(N)=O)CC2)ccc1F. The number of carbonyl (C=O) groups is 1. The predicted molar refractivity (Wildman–Crippen MR) is 72.9 cm³/mol. The molecule has 1 aromatic rings. The molecule has 1 saturated carbocycles. The van der Waals surface area contributed by atoms with Crippen molar-refractivity contribution < 1.29 is 9.18 Å². The van der Waals surface area contributed by atoms with Gasteiger partial charge in [-0.1, -0.05) is 12.1 Å². The second-order valence-corrected chi connectivity index (χ2v) is 5.42. The van der Waals surface area contributed by atoms with Crippen molar-refractivity contribution in [3.63, 3.8) is 0 Å². The lowest BCUT2D eigenvalue weighted by molar-refractivity contribution is -0.122. The molecule has 0 atom stereocenters. The van der Waals surface area contributed by atoms with Gasteiger partial charge >= 0.3 is 0 Å². The maximum atomic E-state index is 13.1. The Morgan fingerprint density at radius 2 is 2.05 bits per heavy atom. The summed E-state index contributed by atoms with van der Waals surface area (Å²) in [6, 6.07) is 5.62. The molecule has 1 amide bonds. The van der Waals surface area contributed by atoms with Crippen molar-refractivity contribution in [3.8, 4) is 0 Å². The molecule has 0 spiro atoms. The summed E-state index contributed by atoms with van der Waals surface area (Å²) in [5.41, 5.74) is 7.08. The van der Waals surface area contributed by atoms with Gasteiger partial charge in [-0.05, 0) is 49.8 Å². The monoisotopic (exact) mass is 264 g/mol. The summed E-state index contributed by atoms with van der Waals surface area (Å²) >= 11 is 0. The van der Waals surface area contributed by atoms with Crippen LogP contribution in [0, 0.1) is 18.7 Å². The molecule has 2 rings (SSSR count). The molecule has 0 saturated heterocycles. The zero-order valence-corrected chi connectivity index (χ0v) is 11.3. The lowest BCUT2D eigenvalue weighted by Gasteiger charge is -2.27. The average molecular weight is 264 g/mol. The summed E-state index contributed by atoms with van der Waals surface area (Å²) in [6.07, 6.45) is 3.70. The molecule has 1 aliphatic carbocycles. The summed E-state index contributed by atoms with van der Waals surface area (Å²) in [7, 11) is 0. The van der Waals surface area contributed by atoms with Gasteiger partial charge in [-0.25, -0.2) is 4.39 Å². The lowest BCUT2D eigenvalue weighted by atomic mass is 9.85. The van der Waals surface area contributed by atoms with E-state index in [0.29, 0.717) is 11.6 Å². The number of nitrogens with two attached hydrogens (primary N) is 1. The zero-order valence-electron chi connectivity index (χ0n) is 11.3. The minimum absolute atomic E-state index is 0.0473. The summed E-state index contributed by atoms with van der Waals surface area (Å²) in [4.78, 5) is 11.1. The van der Waals surface area contributed by atoms with Crippen LogP contribution in [0.3, 0.4) is 0 Å². The maximum absolute atomic E-state index is 13.1. The minimum atomic E-state index is -0.174. The van der Waals surface area contributed by atoms with Gasteiger partial charge in [0.2, 0.25) is 5.91 Å². The van der Waals surface area contributed by atoms with Crippen molar-refractivity contribution in [3.05, 3.63) is 35.1 Å². The van der Waals surface area contributed by atoms with Gasteiger partial charge in [0.15, 0.2) is 0 Å². The summed E-state index contributed by atoms with van der Waals surface area (Å²) in [5, 5.41) is 3.47. The van der Waals surface area contributed by atoms with E-state index >= 15 is 0 Å². The van der Waals surface area contributed by atoms with E-state index in [9.17, 15) is 9.18 Å². The average Bonchev–Trinajstić information content (AvgIpc) is 2.40. The van der Waals surface area contributed by atoms with Crippen LogP contribution in [0.2, 0.25) is 0 Å². The van der Waals surface area contributed by atoms with Crippen LogP contribution in [0.15, 0.2) is 18.2 Å². The third kappa shape index (κ3) is 3.77. The highest BCUT2D eigenvalue weighted by molar-refractivity contribution is 5.76. The number of rotatable bonds is 4. The highest BCUT2D eigenvalue weighted by atomic mass is 19.1. The van der Waals surface area contributed by atoms with Crippen molar-refractivity contribution in [2.45, 2.75) is 45.2 Å².